The van der Waals surface area contributed by atoms with Gasteiger partial charge in [-0.2, -0.15) is 0 Å². The topological polar surface area (TPSA) is 72.8 Å². The Morgan fingerprint density at radius 1 is 1.35 bits per heavy atom. The molecule has 0 rings (SSSR count). The van der Waals surface area contributed by atoms with E-state index in [1.807, 2.05) is 6.92 Å². The van der Waals surface area contributed by atoms with Gasteiger partial charge in [-0.15, -0.1) is 0 Å². The van der Waals surface area contributed by atoms with Crippen molar-refractivity contribution in [2.75, 3.05) is 19.4 Å². The van der Waals surface area contributed by atoms with E-state index in [-0.39, 0.29) is 19.4 Å². The van der Waals surface area contributed by atoms with Gasteiger partial charge in [-0.05, 0) is 13.3 Å². The van der Waals surface area contributed by atoms with E-state index < -0.39 is 13.6 Å². The zero-order valence-electron chi connectivity index (χ0n) is 10.5. The van der Waals surface area contributed by atoms with Crippen LogP contribution in [0.25, 0.3) is 0 Å². The maximum atomic E-state index is 11.4. The number of esters is 1. The average molecular weight is 264 g/mol. The summed E-state index contributed by atoms with van der Waals surface area (Å²) in [5, 5.41) is 0. The SMILES string of the molecule is C=C(C)C(=O)OCCCOP(=O)(O)CCCC. The highest BCUT2D eigenvalue weighted by atomic mass is 31.2. The monoisotopic (exact) mass is 264 g/mol. The van der Waals surface area contributed by atoms with Gasteiger partial charge in [0.05, 0.1) is 13.2 Å². The molecule has 0 aromatic carbocycles. The molecule has 5 nitrogen and oxygen atoms in total. The summed E-state index contributed by atoms with van der Waals surface area (Å²) in [5.74, 6) is -0.455. The zero-order valence-corrected chi connectivity index (χ0v) is 11.4. The molecule has 0 saturated carbocycles. The lowest BCUT2D eigenvalue weighted by atomic mass is 10.4. The Morgan fingerprint density at radius 3 is 2.53 bits per heavy atom. The van der Waals surface area contributed by atoms with Gasteiger partial charge < -0.3 is 14.2 Å². The van der Waals surface area contributed by atoms with Crippen molar-refractivity contribution in [1.29, 1.82) is 0 Å². The molecule has 0 amide bonds. The number of carbonyl (C=O) groups excluding carboxylic acids is 1. The van der Waals surface area contributed by atoms with E-state index in [1.165, 1.54) is 0 Å². The number of hydrogen-bond acceptors (Lipinski definition) is 4. The highest BCUT2D eigenvalue weighted by molar-refractivity contribution is 7.52. The predicted molar refractivity (Wildman–Crippen MR) is 65.9 cm³/mol. The third-order valence-corrected chi connectivity index (χ3v) is 3.42. The van der Waals surface area contributed by atoms with Crippen molar-refractivity contribution in [3.05, 3.63) is 12.2 Å². The Morgan fingerprint density at radius 2 is 2.00 bits per heavy atom. The molecule has 6 heteroatoms. The van der Waals surface area contributed by atoms with Gasteiger partial charge in [-0.1, -0.05) is 19.9 Å². The minimum Gasteiger partial charge on any atom is -0.462 e. The maximum Gasteiger partial charge on any atom is 0.333 e. The van der Waals surface area contributed by atoms with Crippen LogP contribution in [0.5, 0.6) is 0 Å². The lowest BCUT2D eigenvalue weighted by Gasteiger charge is -2.11. The molecule has 0 bridgehead atoms. The van der Waals surface area contributed by atoms with Crippen LogP contribution in [0.2, 0.25) is 0 Å². The average Bonchev–Trinajstić information content (AvgIpc) is 2.25. The fourth-order valence-electron chi connectivity index (χ4n) is 0.977. The lowest BCUT2D eigenvalue weighted by Crippen LogP contribution is -2.08. The second kappa shape index (κ2) is 8.45. The van der Waals surface area contributed by atoms with Gasteiger partial charge in [0, 0.05) is 18.2 Å². The molecule has 0 heterocycles. The molecular weight excluding hydrogens is 243 g/mol. The van der Waals surface area contributed by atoms with E-state index in [0.717, 1.165) is 6.42 Å². The Bertz CT molecular complexity index is 300. The van der Waals surface area contributed by atoms with Crippen molar-refractivity contribution < 1.29 is 23.5 Å². The summed E-state index contributed by atoms with van der Waals surface area (Å²) < 4.78 is 21.1. The smallest absolute Gasteiger partial charge is 0.333 e. The molecule has 0 aromatic heterocycles. The van der Waals surface area contributed by atoms with Crippen molar-refractivity contribution in [3.8, 4) is 0 Å². The molecule has 1 N–H and O–H groups in total. The van der Waals surface area contributed by atoms with E-state index in [9.17, 15) is 14.3 Å². The number of carbonyl (C=O) groups is 1. The van der Waals surface area contributed by atoms with Crippen molar-refractivity contribution in [2.24, 2.45) is 0 Å². The molecule has 17 heavy (non-hydrogen) atoms. The molecule has 1 unspecified atom stereocenters. The highest BCUT2D eigenvalue weighted by Crippen LogP contribution is 2.42. The summed E-state index contributed by atoms with van der Waals surface area (Å²) >= 11 is 0. The molecule has 0 aliphatic carbocycles. The summed E-state index contributed by atoms with van der Waals surface area (Å²) in [7, 11) is -3.45. The number of ether oxygens (including phenoxy) is 1. The van der Waals surface area contributed by atoms with Crippen LogP contribution in [0.1, 0.15) is 33.1 Å². The van der Waals surface area contributed by atoms with Crippen LogP contribution < -0.4 is 0 Å². The van der Waals surface area contributed by atoms with Gasteiger partial charge >= 0.3 is 13.6 Å². The molecule has 0 spiro atoms. The van der Waals surface area contributed by atoms with Gasteiger partial charge in [0.1, 0.15) is 0 Å². The first kappa shape index (κ1) is 16.4. The Hall–Kier alpha value is -0.640. The largest absolute Gasteiger partial charge is 0.462 e. The summed E-state index contributed by atoms with van der Waals surface area (Å²) in [6.07, 6.45) is 2.09. The summed E-state index contributed by atoms with van der Waals surface area (Å²) in [4.78, 5) is 20.3. The van der Waals surface area contributed by atoms with E-state index in [1.54, 1.807) is 6.92 Å². The molecule has 1 atom stereocenters. The fourth-order valence-corrected chi connectivity index (χ4v) is 2.24. The minimum absolute atomic E-state index is 0.112. The van der Waals surface area contributed by atoms with E-state index in [4.69, 9.17) is 9.26 Å². The van der Waals surface area contributed by atoms with E-state index in [0.29, 0.717) is 18.4 Å². The standard InChI is InChI=1S/C11H21O5P/c1-4-5-9-17(13,14)16-8-6-7-15-11(12)10(2)3/h2,4-9H2,1,3H3,(H,13,14). The minimum atomic E-state index is -3.45. The van der Waals surface area contributed by atoms with Crippen LogP contribution in [0.15, 0.2) is 12.2 Å². The molecule has 0 aromatic rings. The number of rotatable bonds is 9. The first-order valence-corrected chi connectivity index (χ1v) is 7.44. The molecule has 0 fully saturated rings. The molecule has 0 aliphatic heterocycles. The van der Waals surface area contributed by atoms with Crippen molar-refractivity contribution in [2.45, 2.75) is 33.1 Å². The highest BCUT2D eigenvalue weighted by Gasteiger charge is 2.17. The van der Waals surface area contributed by atoms with Crippen molar-refractivity contribution in [3.63, 3.8) is 0 Å². The predicted octanol–water partition coefficient (Wildman–Crippen LogP) is 2.50. The van der Waals surface area contributed by atoms with E-state index in [2.05, 4.69) is 6.58 Å². The Balaban J connectivity index is 3.60. The molecule has 0 radical (unpaired) electrons. The molecule has 0 aliphatic rings. The molecular formula is C11H21O5P. The first-order valence-electron chi connectivity index (χ1n) is 5.68. The third-order valence-electron chi connectivity index (χ3n) is 1.96. The maximum absolute atomic E-state index is 11.4. The van der Waals surface area contributed by atoms with Crippen LogP contribution in [0.3, 0.4) is 0 Å². The molecule has 100 valence electrons. The van der Waals surface area contributed by atoms with Crippen LogP contribution >= 0.6 is 7.60 Å². The van der Waals surface area contributed by atoms with E-state index >= 15 is 0 Å². The second-order valence-electron chi connectivity index (χ2n) is 3.82. The normalized spacial score (nSPS) is 14.1. The quantitative estimate of drug-likeness (QED) is 0.300. The van der Waals surface area contributed by atoms with Crippen LogP contribution in [-0.2, 0) is 18.6 Å². The van der Waals surface area contributed by atoms with Gasteiger partial charge in [0.25, 0.3) is 0 Å². The third kappa shape index (κ3) is 9.10. The molecule has 0 saturated heterocycles. The first-order chi connectivity index (χ1) is 7.89. The fraction of sp³-hybridized carbons (Fsp3) is 0.727. The van der Waals surface area contributed by atoms with Crippen molar-refractivity contribution >= 4 is 13.6 Å². The van der Waals surface area contributed by atoms with Gasteiger partial charge in [0.15, 0.2) is 0 Å². The van der Waals surface area contributed by atoms with Gasteiger partial charge in [-0.25, -0.2) is 4.79 Å². The summed E-state index contributed by atoms with van der Waals surface area (Å²) in [5.41, 5.74) is 0.335. The second-order valence-corrected chi connectivity index (χ2v) is 5.80. The Kier molecular flexibility index (Phi) is 8.13. The summed E-state index contributed by atoms with van der Waals surface area (Å²) in [6.45, 7) is 7.22. The van der Waals surface area contributed by atoms with Crippen LogP contribution in [0.4, 0.5) is 0 Å². The van der Waals surface area contributed by atoms with Crippen LogP contribution in [-0.4, -0.2) is 30.2 Å². The van der Waals surface area contributed by atoms with Gasteiger partial charge in [0.2, 0.25) is 0 Å². The van der Waals surface area contributed by atoms with Gasteiger partial charge in [-0.3, -0.25) is 4.57 Å². The van der Waals surface area contributed by atoms with Crippen molar-refractivity contribution in [1.82, 2.24) is 0 Å². The number of unbranched alkanes of at least 4 members (excludes halogenated alkanes) is 1. The van der Waals surface area contributed by atoms with Crippen LogP contribution in [0, 0.1) is 0 Å². The lowest BCUT2D eigenvalue weighted by molar-refractivity contribution is -0.139. The zero-order chi connectivity index (χ0) is 13.3. The Labute approximate surface area is 102 Å². The number of hydrogen-bond donors (Lipinski definition) is 1. The summed E-state index contributed by atoms with van der Waals surface area (Å²) in [6, 6.07) is 0.